The lowest BCUT2D eigenvalue weighted by atomic mass is 10.3. The Morgan fingerprint density at radius 3 is 1.33 bits per heavy atom. The first-order valence-corrected chi connectivity index (χ1v) is 4.78. The van der Waals surface area contributed by atoms with Crippen molar-refractivity contribution in [2.45, 2.75) is 4.90 Å². The zero-order chi connectivity index (χ0) is 10.2. The van der Waals surface area contributed by atoms with E-state index in [0.717, 1.165) is 10.6 Å². The minimum Gasteiger partial charge on any atom is -0.412 e. The van der Waals surface area contributed by atoms with Crippen LogP contribution in [0.5, 0.6) is 0 Å². The molecule has 2 rings (SSSR count). The van der Waals surface area contributed by atoms with Gasteiger partial charge in [0.2, 0.25) is 0 Å². The monoisotopic (exact) mass is 221 g/mol. The summed E-state index contributed by atoms with van der Waals surface area (Å²) in [5.41, 5.74) is 6.18. The van der Waals surface area contributed by atoms with Crippen LogP contribution in [0.2, 0.25) is 0 Å². The predicted octanol–water partition coefficient (Wildman–Crippen LogP) is 2.42. The molecule has 3 heteroatoms. The summed E-state index contributed by atoms with van der Waals surface area (Å²) in [6.45, 7) is 0. The van der Waals surface area contributed by atoms with Crippen molar-refractivity contribution in [3.8, 4) is 0 Å². The Bertz CT molecular complexity index is 313. The van der Waals surface area contributed by atoms with Gasteiger partial charge in [-0.1, -0.05) is 36.4 Å². The van der Waals surface area contributed by atoms with Crippen molar-refractivity contribution >= 4 is 18.3 Å². The molecule has 0 saturated heterocycles. The highest BCUT2D eigenvalue weighted by molar-refractivity contribution is 7.80. The maximum Gasteiger partial charge on any atom is 0.0313 e. The Balaban J connectivity index is 0.000000245. The van der Waals surface area contributed by atoms with Crippen molar-refractivity contribution in [1.82, 2.24) is 0 Å². The van der Waals surface area contributed by atoms with Gasteiger partial charge in [0, 0.05) is 10.6 Å². The summed E-state index contributed by atoms with van der Waals surface area (Å²) in [5, 5.41) is 0. The van der Waals surface area contributed by atoms with Gasteiger partial charge in [0.15, 0.2) is 0 Å². The lowest BCUT2D eigenvalue weighted by molar-refractivity contribution is 0.824. The fraction of sp³-hybridized carbons (Fsp3) is 0. The fourth-order valence-electron chi connectivity index (χ4n) is 0.881. The van der Waals surface area contributed by atoms with Gasteiger partial charge in [-0.2, -0.15) is 0 Å². The summed E-state index contributed by atoms with van der Waals surface area (Å²) in [7, 11) is 0. The molecule has 0 atom stereocenters. The van der Waals surface area contributed by atoms with Gasteiger partial charge in [0.05, 0.1) is 0 Å². The molecule has 2 aromatic rings. The van der Waals surface area contributed by atoms with E-state index in [1.165, 1.54) is 0 Å². The van der Waals surface area contributed by atoms with Gasteiger partial charge in [-0.05, 0) is 24.3 Å². The van der Waals surface area contributed by atoms with Gasteiger partial charge < -0.3 is 11.2 Å². The van der Waals surface area contributed by atoms with Crippen LogP contribution in [0.4, 0.5) is 5.69 Å². The number of benzene rings is 2. The van der Waals surface area contributed by atoms with E-state index < -0.39 is 0 Å². The van der Waals surface area contributed by atoms with Crippen molar-refractivity contribution < 1.29 is 5.48 Å². The van der Waals surface area contributed by atoms with E-state index in [-0.39, 0.29) is 5.48 Å². The van der Waals surface area contributed by atoms with E-state index in [9.17, 15) is 0 Å². The first-order valence-electron chi connectivity index (χ1n) is 4.33. The molecule has 0 bridgehead atoms. The van der Waals surface area contributed by atoms with Crippen molar-refractivity contribution in [2.24, 2.45) is 0 Å². The molecule has 0 aliphatic carbocycles. The summed E-state index contributed by atoms with van der Waals surface area (Å²) in [4.78, 5) is 1.02. The zero-order valence-corrected chi connectivity index (χ0v) is 9.19. The maximum absolute atomic E-state index is 5.36. The van der Waals surface area contributed by atoms with E-state index in [1.807, 2.05) is 60.7 Å². The molecule has 2 aromatic carbocycles. The van der Waals surface area contributed by atoms with E-state index in [4.69, 9.17) is 5.73 Å². The maximum atomic E-state index is 5.36. The van der Waals surface area contributed by atoms with E-state index in [1.54, 1.807) is 0 Å². The highest BCUT2D eigenvalue weighted by atomic mass is 32.1. The SMILES string of the molecule is Nc1ccccc1.O.Sc1ccccc1. The molecule has 0 heterocycles. The Labute approximate surface area is 95.5 Å². The number of nitrogens with two attached hydrogens (primary N) is 1. The molecule has 0 spiro atoms. The fourth-order valence-corrected chi connectivity index (χ4v) is 1.05. The van der Waals surface area contributed by atoms with Crippen LogP contribution in [-0.4, -0.2) is 5.48 Å². The molecule has 0 aliphatic heterocycles. The molecule has 0 fully saturated rings. The first kappa shape index (κ1) is 13.5. The molecule has 80 valence electrons. The molecule has 0 aromatic heterocycles. The van der Waals surface area contributed by atoms with Crippen LogP contribution in [0.15, 0.2) is 65.6 Å². The second-order valence-corrected chi connectivity index (χ2v) is 3.26. The summed E-state index contributed by atoms with van der Waals surface area (Å²) in [6.07, 6.45) is 0. The normalized spacial score (nSPS) is 8.07. The molecule has 0 unspecified atom stereocenters. The van der Waals surface area contributed by atoms with Crippen LogP contribution in [0.25, 0.3) is 0 Å². The number of anilines is 1. The average molecular weight is 221 g/mol. The second kappa shape index (κ2) is 7.91. The van der Waals surface area contributed by atoms with Crippen LogP contribution in [0.3, 0.4) is 0 Å². The van der Waals surface area contributed by atoms with Crippen molar-refractivity contribution in [2.75, 3.05) is 5.73 Å². The van der Waals surface area contributed by atoms with Crippen molar-refractivity contribution in [3.63, 3.8) is 0 Å². The molecule has 0 amide bonds. The number of hydrogen-bond acceptors (Lipinski definition) is 2. The summed E-state index contributed by atoms with van der Waals surface area (Å²) in [5.74, 6) is 0. The predicted molar refractivity (Wildman–Crippen MR) is 68.2 cm³/mol. The van der Waals surface area contributed by atoms with Crippen LogP contribution in [-0.2, 0) is 0 Å². The minimum absolute atomic E-state index is 0. The van der Waals surface area contributed by atoms with E-state index in [2.05, 4.69) is 12.6 Å². The van der Waals surface area contributed by atoms with Crippen LogP contribution < -0.4 is 5.73 Å². The van der Waals surface area contributed by atoms with Crippen LogP contribution in [0.1, 0.15) is 0 Å². The van der Waals surface area contributed by atoms with Gasteiger partial charge in [-0.15, -0.1) is 12.6 Å². The summed E-state index contributed by atoms with van der Waals surface area (Å²) in [6, 6.07) is 19.3. The average Bonchev–Trinajstić information content (AvgIpc) is 2.21. The zero-order valence-electron chi connectivity index (χ0n) is 8.30. The smallest absolute Gasteiger partial charge is 0.0313 e. The van der Waals surface area contributed by atoms with Gasteiger partial charge in [0.1, 0.15) is 0 Å². The van der Waals surface area contributed by atoms with E-state index in [0.29, 0.717) is 0 Å². The topological polar surface area (TPSA) is 57.5 Å². The van der Waals surface area contributed by atoms with Gasteiger partial charge >= 0.3 is 0 Å². The summed E-state index contributed by atoms with van der Waals surface area (Å²) >= 11 is 4.08. The molecule has 0 radical (unpaired) electrons. The lowest BCUT2D eigenvalue weighted by Gasteiger charge is -1.83. The molecule has 4 N–H and O–H groups in total. The number of thiol groups is 1. The number of hydrogen-bond donors (Lipinski definition) is 2. The third-order valence-corrected chi connectivity index (χ3v) is 1.85. The molecule has 0 aliphatic rings. The van der Waals surface area contributed by atoms with Crippen molar-refractivity contribution in [3.05, 3.63) is 60.7 Å². The molecular formula is C12H15NOS. The summed E-state index contributed by atoms with van der Waals surface area (Å²) < 4.78 is 0. The largest absolute Gasteiger partial charge is 0.412 e. The Kier molecular flexibility index (Phi) is 7.14. The highest BCUT2D eigenvalue weighted by Crippen LogP contribution is 2.00. The highest BCUT2D eigenvalue weighted by Gasteiger charge is 1.73. The quantitative estimate of drug-likeness (QED) is 0.521. The second-order valence-electron chi connectivity index (χ2n) is 2.75. The third kappa shape index (κ3) is 6.60. The Hall–Kier alpha value is -1.45. The number of para-hydroxylation sites is 1. The van der Waals surface area contributed by atoms with Crippen LogP contribution in [0, 0.1) is 0 Å². The first-order chi connectivity index (χ1) is 6.79. The van der Waals surface area contributed by atoms with Gasteiger partial charge in [-0.25, -0.2) is 0 Å². The minimum atomic E-state index is 0. The van der Waals surface area contributed by atoms with Gasteiger partial charge in [0.25, 0.3) is 0 Å². The number of nitrogen functional groups attached to an aromatic ring is 1. The molecule has 0 saturated carbocycles. The Morgan fingerprint density at radius 2 is 1.13 bits per heavy atom. The third-order valence-electron chi connectivity index (χ3n) is 1.56. The lowest BCUT2D eigenvalue weighted by Crippen LogP contribution is -1.79. The Morgan fingerprint density at radius 1 is 0.733 bits per heavy atom. The number of rotatable bonds is 0. The van der Waals surface area contributed by atoms with E-state index >= 15 is 0 Å². The van der Waals surface area contributed by atoms with Gasteiger partial charge in [-0.3, -0.25) is 0 Å². The molecule has 2 nitrogen and oxygen atoms in total. The van der Waals surface area contributed by atoms with Crippen LogP contribution >= 0.6 is 12.6 Å². The molecular weight excluding hydrogens is 206 g/mol. The van der Waals surface area contributed by atoms with Crippen molar-refractivity contribution in [1.29, 1.82) is 0 Å². The standard InChI is InChI=1S/C6H7N.C6H6S.H2O/c2*7-6-4-2-1-3-5-6;/h1-5H,7H2;1-5,7H;1H2. The molecule has 15 heavy (non-hydrogen) atoms.